The van der Waals surface area contributed by atoms with Crippen LogP contribution in [-0.2, 0) is 10.0 Å². The van der Waals surface area contributed by atoms with Crippen molar-refractivity contribution >= 4 is 38.9 Å². The first-order valence-corrected chi connectivity index (χ1v) is 8.89. The Kier molecular flexibility index (Phi) is 5.28. The smallest absolute Gasteiger partial charge is 0.255 e. The van der Waals surface area contributed by atoms with Crippen LogP contribution in [0.15, 0.2) is 48.5 Å². The number of nitrogens with one attached hydrogen (secondary N) is 2. The van der Waals surface area contributed by atoms with Crippen LogP contribution in [0, 0.1) is 0 Å². The third-order valence-electron chi connectivity index (χ3n) is 3.13. The summed E-state index contributed by atoms with van der Waals surface area (Å²) < 4.78 is 26.2. The van der Waals surface area contributed by atoms with E-state index in [1.165, 1.54) is 6.07 Å². The van der Waals surface area contributed by atoms with E-state index in [9.17, 15) is 13.2 Å². The summed E-state index contributed by atoms with van der Waals surface area (Å²) in [6.07, 6.45) is 0. The minimum atomic E-state index is -3.46. The lowest BCUT2D eigenvalue weighted by Crippen LogP contribution is -2.22. The average Bonchev–Trinajstić information content (AvgIpc) is 2.49. The van der Waals surface area contributed by atoms with Gasteiger partial charge in [0.05, 0.1) is 16.0 Å². The molecule has 0 aromatic heterocycles. The molecule has 0 bridgehead atoms. The molecule has 1 amide bonds. The number of hydrogen-bond donors (Lipinski definition) is 2. The first-order valence-electron chi connectivity index (χ1n) is 6.97. The summed E-state index contributed by atoms with van der Waals surface area (Å²) in [6.45, 7) is 3.16. The summed E-state index contributed by atoms with van der Waals surface area (Å²) in [7, 11) is -3.46. The van der Waals surface area contributed by atoms with E-state index in [0.717, 1.165) is 0 Å². The Morgan fingerprint density at radius 3 is 2.43 bits per heavy atom. The second-order valence-corrected chi connectivity index (χ2v) is 7.85. The maximum Gasteiger partial charge on any atom is 0.255 e. The Morgan fingerprint density at radius 1 is 1.09 bits per heavy atom. The van der Waals surface area contributed by atoms with E-state index in [1.807, 2.05) is 0 Å². The minimum absolute atomic E-state index is 0.328. The third kappa shape index (κ3) is 4.46. The molecule has 2 rings (SSSR count). The van der Waals surface area contributed by atoms with Crippen LogP contribution in [0.4, 0.5) is 11.4 Å². The minimum Gasteiger partial charge on any atom is -0.321 e. The van der Waals surface area contributed by atoms with Crippen molar-refractivity contribution in [1.82, 2.24) is 0 Å². The molecule has 0 spiro atoms. The summed E-state index contributed by atoms with van der Waals surface area (Å²) >= 11 is 6.00. The Hall–Kier alpha value is -2.05. The fourth-order valence-electron chi connectivity index (χ4n) is 1.76. The Bertz CT molecular complexity index is 820. The van der Waals surface area contributed by atoms with Crippen molar-refractivity contribution in [3.63, 3.8) is 0 Å². The van der Waals surface area contributed by atoms with Gasteiger partial charge in [0, 0.05) is 11.3 Å². The number of rotatable bonds is 5. The second kappa shape index (κ2) is 7.02. The van der Waals surface area contributed by atoms with E-state index in [1.54, 1.807) is 56.3 Å². The van der Waals surface area contributed by atoms with Gasteiger partial charge in [-0.05, 0) is 44.2 Å². The van der Waals surface area contributed by atoms with Crippen molar-refractivity contribution in [2.45, 2.75) is 19.1 Å². The number of carbonyl (C=O) groups excluding carboxylic acids is 1. The predicted molar refractivity (Wildman–Crippen MR) is 93.5 cm³/mol. The van der Waals surface area contributed by atoms with Gasteiger partial charge in [0.25, 0.3) is 5.91 Å². The zero-order valence-corrected chi connectivity index (χ0v) is 14.3. The summed E-state index contributed by atoms with van der Waals surface area (Å²) in [4.78, 5) is 12.3. The molecule has 0 radical (unpaired) electrons. The molecule has 2 aromatic rings. The van der Waals surface area contributed by atoms with Crippen LogP contribution >= 0.6 is 11.6 Å². The zero-order valence-electron chi connectivity index (χ0n) is 12.7. The van der Waals surface area contributed by atoms with E-state index in [-0.39, 0.29) is 5.91 Å². The van der Waals surface area contributed by atoms with Gasteiger partial charge in [-0.1, -0.05) is 29.8 Å². The van der Waals surface area contributed by atoms with Gasteiger partial charge in [0.2, 0.25) is 10.0 Å². The Labute approximate surface area is 140 Å². The number of carbonyl (C=O) groups is 1. The molecule has 0 unspecified atom stereocenters. The largest absolute Gasteiger partial charge is 0.321 e. The van der Waals surface area contributed by atoms with Crippen LogP contribution in [0.2, 0.25) is 5.02 Å². The van der Waals surface area contributed by atoms with Gasteiger partial charge in [-0.3, -0.25) is 9.52 Å². The molecule has 2 aromatic carbocycles. The molecule has 23 heavy (non-hydrogen) atoms. The SMILES string of the molecule is CC(C)S(=O)(=O)Nc1cccc(C(=O)Nc2ccccc2Cl)c1. The monoisotopic (exact) mass is 352 g/mol. The zero-order chi connectivity index (χ0) is 17.0. The molecule has 0 fully saturated rings. The lowest BCUT2D eigenvalue weighted by Gasteiger charge is -2.12. The number of para-hydroxylation sites is 1. The number of halogens is 1. The number of amides is 1. The van der Waals surface area contributed by atoms with E-state index >= 15 is 0 Å². The summed E-state index contributed by atoms with van der Waals surface area (Å²) in [6, 6.07) is 13.2. The number of sulfonamides is 1. The standard InChI is InChI=1S/C16H17ClN2O3S/c1-11(2)23(21,22)19-13-7-5-6-12(10-13)16(20)18-15-9-4-3-8-14(15)17/h3-11,19H,1-2H3,(H,18,20). The van der Waals surface area contributed by atoms with Crippen molar-refractivity contribution in [1.29, 1.82) is 0 Å². The van der Waals surface area contributed by atoms with Crippen molar-refractivity contribution in [3.8, 4) is 0 Å². The van der Waals surface area contributed by atoms with Crippen molar-refractivity contribution < 1.29 is 13.2 Å². The molecule has 5 nitrogen and oxygen atoms in total. The van der Waals surface area contributed by atoms with Crippen LogP contribution in [0.3, 0.4) is 0 Å². The summed E-state index contributed by atoms with van der Waals surface area (Å²) in [5.41, 5.74) is 1.16. The maximum absolute atomic E-state index is 12.3. The first kappa shape index (κ1) is 17.3. The molecule has 0 atom stereocenters. The highest BCUT2D eigenvalue weighted by atomic mass is 35.5. The molecule has 0 aliphatic heterocycles. The van der Waals surface area contributed by atoms with Crippen LogP contribution < -0.4 is 10.0 Å². The van der Waals surface area contributed by atoms with Gasteiger partial charge in [-0.25, -0.2) is 8.42 Å². The number of benzene rings is 2. The molecule has 0 saturated heterocycles. The predicted octanol–water partition coefficient (Wildman–Crippen LogP) is 3.74. The van der Waals surface area contributed by atoms with E-state index in [2.05, 4.69) is 10.0 Å². The normalized spacial score (nSPS) is 11.3. The molecule has 0 aliphatic carbocycles. The molecule has 7 heteroatoms. The van der Waals surface area contributed by atoms with Crippen molar-refractivity contribution in [3.05, 3.63) is 59.1 Å². The van der Waals surface area contributed by atoms with Crippen LogP contribution in [0.25, 0.3) is 0 Å². The molecular weight excluding hydrogens is 336 g/mol. The number of anilines is 2. The van der Waals surface area contributed by atoms with Gasteiger partial charge in [0.1, 0.15) is 0 Å². The summed E-state index contributed by atoms with van der Waals surface area (Å²) in [5, 5.41) is 2.55. The highest BCUT2D eigenvalue weighted by Gasteiger charge is 2.16. The molecule has 2 N–H and O–H groups in total. The van der Waals surface area contributed by atoms with Gasteiger partial charge >= 0.3 is 0 Å². The third-order valence-corrected chi connectivity index (χ3v) is 5.22. The molecule has 0 saturated carbocycles. The van der Waals surface area contributed by atoms with Crippen molar-refractivity contribution in [2.75, 3.05) is 10.0 Å². The van der Waals surface area contributed by atoms with Gasteiger partial charge in [-0.2, -0.15) is 0 Å². The Balaban J connectivity index is 2.20. The fourth-order valence-corrected chi connectivity index (χ4v) is 2.64. The second-order valence-electron chi connectivity index (χ2n) is 5.21. The van der Waals surface area contributed by atoms with Crippen LogP contribution in [0.1, 0.15) is 24.2 Å². The van der Waals surface area contributed by atoms with E-state index < -0.39 is 15.3 Å². The first-order chi connectivity index (χ1) is 10.8. The van der Waals surface area contributed by atoms with Gasteiger partial charge in [-0.15, -0.1) is 0 Å². The van der Waals surface area contributed by atoms with Crippen LogP contribution in [-0.4, -0.2) is 19.6 Å². The van der Waals surface area contributed by atoms with Crippen LogP contribution in [0.5, 0.6) is 0 Å². The van der Waals surface area contributed by atoms with E-state index in [4.69, 9.17) is 11.6 Å². The lowest BCUT2D eigenvalue weighted by atomic mass is 10.2. The van der Waals surface area contributed by atoms with Gasteiger partial charge in [0.15, 0.2) is 0 Å². The maximum atomic E-state index is 12.3. The Morgan fingerprint density at radius 2 is 1.78 bits per heavy atom. The fraction of sp³-hybridized carbons (Fsp3) is 0.188. The highest BCUT2D eigenvalue weighted by Crippen LogP contribution is 2.22. The van der Waals surface area contributed by atoms with E-state index in [0.29, 0.717) is 22.0 Å². The molecular formula is C16H17ClN2O3S. The highest BCUT2D eigenvalue weighted by molar-refractivity contribution is 7.93. The molecule has 0 heterocycles. The molecule has 122 valence electrons. The quantitative estimate of drug-likeness (QED) is 0.860. The summed E-state index contributed by atoms with van der Waals surface area (Å²) in [5.74, 6) is -0.372. The van der Waals surface area contributed by atoms with Crippen molar-refractivity contribution in [2.24, 2.45) is 0 Å². The van der Waals surface area contributed by atoms with Gasteiger partial charge < -0.3 is 5.32 Å². The number of hydrogen-bond acceptors (Lipinski definition) is 3. The lowest BCUT2D eigenvalue weighted by molar-refractivity contribution is 0.102. The topological polar surface area (TPSA) is 75.3 Å². The molecule has 0 aliphatic rings. The average molecular weight is 353 g/mol.